The third kappa shape index (κ3) is 4.02. The summed E-state index contributed by atoms with van der Waals surface area (Å²) in [5, 5.41) is 3.48. The number of likely N-dealkylation sites (N-methyl/N-ethyl adjacent to an activating group) is 1. The molecule has 1 aliphatic rings. The number of carbonyl (C=O) groups excluding carboxylic acids is 1. The molecule has 1 heterocycles. The average molecular weight is 254 g/mol. The van der Waals surface area contributed by atoms with Crippen molar-refractivity contribution in [1.29, 1.82) is 0 Å². The zero-order valence-corrected chi connectivity index (χ0v) is 12.2. The Balaban J connectivity index is 2.84. The van der Waals surface area contributed by atoms with Gasteiger partial charge in [0.15, 0.2) is 0 Å². The molecule has 0 fully saturated rings. The van der Waals surface area contributed by atoms with E-state index in [-0.39, 0.29) is 5.97 Å². The molecule has 1 unspecified atom stereocenters. The van der Waals surface area contributed by atoms with E-state index in [1.807, 2.05) is 14.0 Å². The van der Waals surface area contributed by atoms with Crippen LogP contribution in [0.2, 0.25) is 0 Å². The molecule has 1 aliphatic heterocycles. The van der Waals surface area contributed by atoms with Gasteiger partial charge in [-0.15, -0.1) is 0 Å². The first-order valence-corrected chi connectivity index (χ1v) is 6.79. The number of nitrogens with one attached hydrogen (secondary N) is 1. The summed E-state index contributed by atoms with van der Waals surface area (Å²) in [7, 11) is 2.03. The Bertz CT molecular complexity index is 324. The zero-order chi connectivity index (χ0) is 13.7. The standard InChI is InChI=1S/C14H26N2O2/c1-6-18-14(17)12-9-16(5)8-7-13(12)15-11(4)10(2)3/h10-11,15H,6-9H2,1-5H3. The number of nitrogens with zero attached hydrogens (tertiary/aromatic N) is 1. The van der Waals surface area contributed by atoms with Gasteiger partial charge < -0.3 is 15.0 Å². The maximum Gasteiger partial charge on any atom is 0.337 e. The Morgan fingerprint density at radius 2 is 2.11 bits per heavy atom. The third-order valence-electron chi connectivity index (χ3n) is 3.46. The molecule has 0 aliphatic carbocycles. The van der Waals surface area contributed by atoms with E-state index in [4.69, 9.17) is 4.74 Å². The molecule has 0 aromatic carbocycles. The van der Waals surface area contributed by atoms with Crippen molar-refractivity contribution in [3.63, 3.8) is 0 Å². The molecule has 0 aromatic rings. The highest BCUT2D eigenvalue weighted by molar-refractivity contribution is 5.90. The Morgan fingerprint density at radius 1 is 1.44 bits per heavy atom. The van der Waals surface area contributed by atoms with Crippen LogP contribution in [-0.4, -0.2) is 43.7 Å². The fourth-order valence-corrected chi connectivity index (χ4v) is 1.90. The van der Waals surface area contributed by atoms with Crippen LogP contribution in [0.4, 0.5) is 0 Å². The largest absolute Gasteiger partial charge is 0.463 e. The fraction of sp³-hybridized carbons (Fsp3) is 0.786. The van der Waals surface area contributed by atoms with Gasteiger partial charge >= 0.3 is 5.97 Å². The summed E-state index contributed by atoms with van der Waals surface area (Å²) in [5.41, 5.74) is 1.85. The maximum atomic E-state index is 12.0. The van der Waals surface area contributed by atoms with Crippen molar-refractivity contribution in [2.45, 2.75) is 40.2 Å². The minimum absolute atomic E-state index is 0.178. The first kappa shape index (κ1) is 15.0. The van der Waals surface area contributed by atoms with E-state index in [9.17, 15) is 4.79 Å². The Kier molecular flexibility index (Phi) is 5.66. The monoisotopic (exact) mass is 254 g/mol. The number of ether oxygens (including phenoxy) is 1. The first-order chi connectivity index (χ1) is 8.45. The smallest absolute Gasteiger partial charge is 0.337 e. The predicted molar refractivity (Wildman–Crippen MR) is 73.2 cm³/mol. The summed E-state index contributed by atoms with van der Waals surface area (Å²) < 4.78 is 5.14. The van der Waals surface area contributed by atoms with Gasteiger partial charge in [-0.3, -0.25) is 0 Å². The highest BCUT2D eigenvalue weighted by Gasteiger charge is 2.24. The van der Waals surface area contributed by atoms with Gasteiger partial charge in [0.1, 0.15) is 0 Å². The molecule has 4 heteroatoms. The van der Waals surface area contributed by atoms with Crippen molar-refractivity contribution in [2.24, 2.45) is 5.92 Å². The quantitative estimate of drug-likeness (QED) is 0.759. The summed E-state index contributed by atoms with van der Waals surface area (Å²) >= 11 is 0. The van der Waals surface area contributed by atoms with Crippen molar-refractivity contribution < 1.29 is 9.53 Å². The lowest BCUT2D eigenvalue weighted by atomic mass is 10.0. The predicted octanol–water partition coefficient (Wildman–Crippen LogP) is 1.77. The summed E-state index contributed by atoms with van der Waals surface area (Å²) in [6, 6.07) is 0.368. The van der Waals surface area contributed by atoms with Crippen LogP contribution in [0.5, 0.6) is 0 Å². The van der Waals surface area contributed by atoms with Gasteiger partial charge in [0.05, 0.1) is 12.2 Å². The van der Waals surface area contributed by atoms with E-state index >= 15 is 0 Å². The molecular weight excluding hydrogens is 228 g/mol. The molecule has 0 saturated heterocycles. The SMILES string of the molecule is CCOC(=O)C1=C(NC(C)C(C)C)CCN(C)C1. The van der Waals surface area contributed by atoms with Crippen LogP contribution in [0.1, 0.15) is 34.1 Å². The van der Waals surface area contributed by atoms with Crippen molar-refractivity contribution >= 4 is 5.97 Å². The minimum atomic E-state index is -0.178. The Hall–Kier alpha value is -1.03. The molecule has 1 N–H and O–H groups in total. The van der Waals surface area contributed by atoms with Gasteiger partial charge in [-0.2, -0.15) is 0 Å². The van der Waals surface area contributed by atoms with Gasteiger partial charge in [0.2, 0.25) is 0 Å². The van der Waals surface area contributed by atoms with Crippen LogP contribution in [0.15, 0.2) is 11.3 Å². The second-order valence-electron chi connectivity index (χ2n) is 5.34. The number of carbonyl (C=O) groups is 1. The van der Waals surface area contributed by atoms with Gasteiger partial charge in [-0.05, 0) is 26.8 Å². The molecule has 104 valence electrons. The van der Waals surface area contributed by atoms with E-state index < -0.39 is 0 Å². The Morgan fingerprint density at radius 3 is 2.67 bits per heavy atom. The molecule has 1 atom stereocenters. The highest BCUT2D eigenvalue weighted by atomic mass is 16.5. The number of hydrogen-bond acceptors (Lipinski definition) is 4. The van der Waals surface area contributed by atoms with Crippen LogP contribution in [0.25, 0.3) is 0 Å². The van der Waals surface area contributed by atoms with Crippen LogP contribution in [-0.2, 0) is 9.53 Å². The molecule has 0 saturated carbocycles. The van der Waals surface area contributed by atoms with E-state index in [1.54, 1.807) is 0 Å². The maximum absolute atomic E-state index is 12.0. The van der Waals surface area contributed by atoms with Gasteiger partial charge in [0.25, 0.3) is 0 Å². The number of hydrogen-bond donors (Lipinski definition) is 1. The average Bonchev–Trinajstić information content (AvgIpc) is 2.31. The Labute approximate surface area is 110 Å². The van der Waals surface area contributed by atoms with E-state index in [0.717, 1.165) is 24.2 Å². The second kappa shape index (κ2) is 6.78. The third-order valence-corrected chi connectivity index (χ3v) is 3.46. The molecule has 0 aromatic heterocycles. The molecule has 18 heavy (non-hydrogen) atoms. The molecule has 0 amide bonds. The van der Waals surface area contributed by atoms with Crippen molar-refractivity contribution in [1.82, 2.24) is 10.2 Å². The second-order valence-corrected chi connectivity index (χ2v) is 5.34. The molecular formula is C14H26N2O2. The van der Waals surface area contributed by atoms with Crippen LogP contribution in [0.3, 0.4) is 0 Å². The molecule has 1 rings (SSSR count). The van der Waals surface area contributed by atoms with Crippen LogP contribution < -0.4 is 5.32 Å². The van der Waals surface area contributed by atoms with E-state index in [1.165, 1.54) is 0 Å². The molecule has 4 nitrogen and oxygen atoms in total. The first-order valence-electron chi connectivity index (χ1n) is 6.79. The van der Waals surface area contributed by atoms with Crippen molar-refractivity contribution in [3.8, 4) is 0 Å². The summed E-state index contributed by atoms with van der Waals surface area (Å²) in [4.78, 5) is 14.1. The van der Waals surface area contributed by atoms with Crippen LogP contribution >= 0.6 is 0 Å². The lowest BCUT2D eigenvalue weighted by molar-refractivity contribution is -0.139. The van der Waals surface area contributed by atoms with Gasteiger partial charge in [-0.1, -0.05) is 13.8 Å². The van der Waals surface area contributed by atoms with Gasteiger partial charge in [0, 0.05) is 31.2 Å². The van der Waals surface area contributed by atoms with E-state index in [2.05, 4.69) is 31.0 Å². The molecule has 0 bridgehead atoms. The lowest BCUT2D eigenvalue weighted by Gasteiger charge is -2.30. The number of rotatable bonds is 5. The fourth-order valence-electron chi connectivity index (χ4n) is 1.90. The van der Waals surface area contributed by atoms with Gasteiger partial charge in [-0.25, -0.2) is 4.79 Å². The summed E-state index contributed by atoms with van der Waals surface area (Å²) in [6.45, 7) is 10.4. The molecule has 0 radical (unpaired) electrons. The number of esters is 1. The van der Waals surface area contributed by atoms with Crippen molar-refractivity contribution in [3.05, 3.63) is 11.3 Å². The van der Waals surface area contributed by atoms with Crippen molar-refractivity contribution in [2.75, 3.05) is 26.7 Å². The molecule has 0 spiro atoms. The summed E-state index contributed by atoms with van der Waals surface area (Å²) in [5.74, 6) is 0.364. The summed E-state index contributed by atoms with van der Waals surface area (Å²) in [6.07, 6.45) is 0.891. The van der Waals surface area contributed by atoms with Crippen LogP contribution in [0, 0.1) is 5.92 Å². The zero-order valence-electron chi connectivity index (χ0n) is 12.2. The highest BCUT2D eigenvalue weighted by Crippen LogP contribution is 2.18. The van der Waals surface area contributed by atoms with E-state index in [0.29, 0.717) is 25.1 Å². The lowest BCUT2D eigenvalue weighted by Crippen LogP contribution is -2.39. The topological polar surface area (TPSA) is 41.6 Å². The normalized spacial score (nSPS) is 19.0. The minimum Gasteiger partial charge on any atom is -0.463 e.